The molecule has 1 aliphatic carbocycles. The second-order valence-corrected chi connectivity index (χ2v) is 4.48. The molecule has 1 spiro atoms. The van der Waals surface area contributed by atoms with Crippen molar-refractivity contribution in [1.29, 1.82) is 0 Å². The third-order valence-corrected chi connectivity index (χ3v) is 3.57. The van der Waals surface area contributed by atoms with Gasteiger partial charge in [-0.25, -0.2) is 0 Å². The van der Waals surface area contributed by atoms with Gasteiger partial charge in [0.15, 0.2) is 0 Å². The zero-order valence-electron chi connectivity index (χ0n) is 7.89. The van der Waals surface area contributed by atoms with Gasteiger partial charge in [-0.1, -0.05) is 18.9 Å². The number of likely N-dealkylation sites (tertiary alicyclic amines) is 1. The number of nitrogens with zero attached hydrogens (tertiary/aromatic N) is 1. The summed E-state index contributed by atoms with van der Waals surface area (Å²) in [4.78, 5) is 2.55. The summed E-state index contributed by atoms with van der Waals surface area (Å²) in [5, 5.41) is 0. The van der Waals surface area contributed by atoms with Crippen LogP contribution in [0.1, 0.15) is 32.1 Å². The molecule has 1 saturated heterocycles. The van der Waals surface area contributed by atoms with Gasteiger partial charge in [-0.15, -0.1) is 6.58 Å². The highest BCUT2D eigenvalue weighted by Gasteiger charge is 2.39. The van der Waals surface area contributed by atoms with E-state index in [0.717, 1.165) is 12.0 Å². The second-order valence-electron chi connectivity index (χ2n) is 4.48. The minimum atomic E-state index is 0.739. The van der Waals surface area contributed by atoms with Crippen LogP contribution in [0.2, 0.25) is 0 Å². The van der Waals surface area contributed by atoms with E-state index >= 15 is 0 Å². The van der Waals surface area contributed by atoms with Gasteiger partial charge in [-0.3, -0.25) is 4.90 Å². The maximum Gasteiger partial charge on any atom is 0.0160 e. The molecule has 0 aromatic heterocycles. The van der Waals surface area contributed by atoms with E-state index in [1.807, 2.05) is 6.08 Å². The van der Waals surface area contributed by atoms with Crippen LogP contribution in [-0.2, 0) is 0 Å². The smallest absolute Gasteiger partial charge is 0.0160 e. The highest BCUT2D eigenvalue weighted by molar-refractivity contribution is 4.94. The number of hydrogen-bond acceptors (Lipinski definition) is 1. The molecule has 1 heterocycles. The number of hydrogen-bond donors (Lipinski definition) is 0. The molecule has 0 aromatic carbocycles. The predicted molar refractivity (Wildman–Crippen MR) is 52.2 cm³/mol. The molecule has 0 aromatic rings. The fourth-order valence-electron chi connectivity index (χ4n) is 2.90. The maximum absolute atomic E-state index is 3.80. The standard InChI is InChI=1S/C11H19N/c1-2-8-12-9-7-11(10-12)5-3-4-6-11/h2H,1,3-10H2. The first kappa shape index (κ1) is 8.31. The first-order chi connectivity index (χ1) is 5.85. The van der Waals surface area contributed by atoms with Crippen molar-refractivity contribution in [3.05, 3.63) is 12.7 Å². The molecule has 2 aliphatic rings. The zero-order valence-corrected chi connectivity index (χ0v) is 7.89. The molecular formula is C11H19N. The fourth-order valence-corrected chi connectivity index (χ4v) is 2.90. The predicted octanol–water partition coefficient (Wildman–Crippen LogP) is 2.44. The Morgan fingerprint density at radius 3 is 2.67 bits per heavy atom. The molecule has 0 N–H and O–H groups in total. The molecule has 0 atom stereocenters. The van der Waals surface area contributed by atoms with Crippen molar-refractivity contribution in [2.75, 3.05) is 19.6 Å². The van der Waals surface area contributed by atoms with Gasteiger partial charge >= 0.3 is 0 Å². The summed E-state index contributed by atoms with van der Waals surface area (Å²) in [6.45, 7) is 7.55. The molecule has 1 heteroatoms. The van der Waals surface area contributed by atoms with Crippen molar-refractivity contribution in [3.63, 3.8) is 0 Å². The maximum atomic E-state index is 3.80. The van der Waals surface area contributed by atoms with Crippen LogP contribution in [0.3, 0.4) is 0 Å². The average Bonchev–Trinajstić information content (AvgIpc) is 2.65. The lowest BCUT2D eigenvalue weighted by Gasteiger charge is -2.22. The summed E-state index contributed by atoms with van der Waals surface area (Å²) < 4.78 is 0. The third-order valence-electron chi connectivity index (χ3n) is 3.57. The summed E-state index contributed by atoms with van der Waals surface area (Å²) in [5.74, 6) is 0. The summed E-state index contributed by atoms with van der Waals surface area (Å²) in [6, 6.07) is 0. The molecule has 0 bridgehead atoms. The lowest BCUT2D eigenvalue weighted by Crippen LogP contribution is -2.25. The highest BCUT2D eigenvalue weighted by atomic mass is 15.1. The third kappa shape index (κ3) is 1.42. The van der Waals surface area contributed by atoms with Crippen LogP contribution in [0, 0.1) is 5.41 Å². The minimum absolute atomic E-state index is 0.739. The highest BCUT2D eigenvalue weighted by Crippen LogP contribution is 2.45. The largest absolute Gasteiger partial charge is 0.299 e. The molecule has 12 heavy (non-hydrogen) atoms. The van der Waals surface area contributed by atoms with Crippen LogP contribution in [0.4, 0.5) is 0 Å². The van der Waals surface area contributed by atoms with Crippen molar-refractivity contribution in [2.24, 2.45) is 5.41 Å². The van der Waals surface area contributed by atoms with E-state index < -0.39 is 0 Å². The Morgan fingerprint density at radius 1 is 1.25 bits per heavy atom. The van der Waals surface area contributed by atoms with Crippen LogP contribution in [0.5, 0.6) is 0 Å². The summed E-state index contributed by atoms with van der Waals surface area (Å²) >= 11 is 0. The first-order valence-electron chi connectivity index (χ1n) is 5.18. The molecule has 1 nitrogen and oxygen atoms in total. The molecule has 2 fully saturated rings. The molecule has 2 rings (SSSR count). The average molecular weight is 165 g/mol. The fraction of sp³-hybridized carbons (Fsp3) is 0.818. The van der Waals surface area contributed by atoms with Crippen molar-refractivity contribution in [1.82, 2.24) is 4.90 Å². The van der Waals surface area contributed by atoms with Gasteiger partial charge < -0.3 is 0 Å². The van der Waals surface area contributed by atoms with E-state index in [-0.39, 0.29) is 0 Å². The van der Waals surface area contributed by atoms with Crippen molar-refractivity contribution in [3.8, 4) is 0 Å². The van der Waals surface area contributed by atoms with Crippen molar-refractivity contribution < 1.29 is 0 Å². The Hall–Kier alpha value is -0.300. The molecule has 0 unspecified atom stereocenters. The topological polar surface area (TPSA) is 3.24 Å². The summed E-state index contributed by atoms with van der Waals surface area (Å²) in [6.07, 6.45) is 9.40. The van der Waals surface area contributed by atoms with Crippen LogP contribution in [0.25, 0.3) is 0 Å². The van der Waals surface area contributed by atoms with Crippen molar-refractivity contribution >= 4 is 0 Å². The molecule has 0 radical (unpaired) electrons. The molecule has 0 amide bonds. The van der Waals surface area contributed by atoms with Crippen molar-refractivity contribution in [2.45, 2.75) is 32.1 Å². The Bertz CT molecular complexity index is 168. The summed E-state index contributed by atoms with van der Waals surface area (Å²) in [5.41, 5.74) is 0.739. The van der Waals surface area contributed by atoms with Crippen LogP contribution < -0.4 is 0 Å². The molecule has 68 valence electrons. The van der Waals surface area contributed by atoms with Gasteiger partial charge in [0.2, 0.25) is 0 Å². The Kier molecular flexibility index (Phi) is 2.22. The van der Waals surface area contributed by atoms with E-state index in [1.165, 1.54) is 45.2 Å². The van der Waals surface area contributed by atoms with Gasteiger partial charge in [0, 0.05) is 13.1 Å². The molecule has 1 aliphatic heterocycles. The van der Waals surface area contributed by atoms with E-state index in [0.29, 0.717) is 0 Å². The van der Waals surface area contributed by atoms with E-state index in [2.05, 4.69) is 11.5 Å². The van der Waals surface area contributed by atoms with Gasteiger partial charge in [-0.05, 0) is 31.2 Å². The monoisotopic (exact) mass is 165 g/mol. The van der Waals surface area contributed by atoms with E-state index in [9.17, 15) is 0 Å². The van der Waals surface area contributed by atoms with Gasteiger partial charge in [0.05, 0.1) is 0 Å². The van der Waals surface area contributed by atoms with Crippen LogP contribution in [-0.4, -0.2) is 24.5 Å². The molecule has 1 saturated carbocycles. The zero-order chi connectivity index (χ0) is 8.44. The van der Waals surface area contributed by atoms with Gasteiger partial charge in [-0.2, -0.15) is 0 Å². The lowest BCUT2D eigenvalue weighted by atomic mass is 9.86. The van der Waals surface area contributed by atoms with E-state index in [4.69, 9.17) is 0 Å². The quantitative estimate of drug-likeness (QED) is 0.568. The Morgan fingerprint density at radius 2 is 2.00 bits per heavy atom. The lowest BCUT2D eigenvalue weighted by molar-refractivity contribution is 0.276. The second kappa shape index (κ2) is 3.21. The molecular weight excluding hydrogens is 146 g/mol. The Labute approximate surface area is 75.4 Å². The van der Waals surface area contributed by atoms with E-state index in [1.54, 1.807) is 0 Å². The minimum Gasteiger partial charge on any atom is -0.299 e. The first-order valence-corrected chi connectivity index (χ1v) is 5.18. The van der Waals surface area contributed by atoms with Crippen LogP contribution >= 0.6 is 0 Å². The van der Waals surface area contributed by atoms with Gasteiger partial charge in [0.25, 0.3) is 0 Å². The SMILES string of the molecule is C=CCN1CCC2(CCCC2)C1. The number of rotatable bonds is 2. The Balaban J connectivity index is 1.91. The van der Waals surface area contributed by atoms with Crippen LogP contribution in [0.15, 0.2) is 12.7 Å². The summed E-state index contributed by atoms with van der Waals surface area (Å²) in [7, 11) is 0. The normalized spacial score (nSPS) is 28.3. The van der Waals surface area contributed by atoms with Gasteiger partial charge in [0.1, 0.15) is 0 Å².